The molecule has 0 bridgehead atoms. The Morgan fingerprint density at radius 3 is 2.43 bits per heavy atom. The Bertz CT molecular complexity index is 1210. The van der Waals surface area contributed by atoms with Crippen LogP contribution in [-0.4, -0.2) is 10.5 Å². The minimum Gasteiger partial charge on any atom is -0.366 e. The maximum atomic E-state index is 12.0. The van der Waals surface area contributed by atoms with Gasteiger partial charge in [-0.15, -0.1) is 0 Å². The zero-order valence-corrected chi connectivity index (χ0v) is 16.8. The van der Waals surface area contributed by atoms with Gasteiger partial charge in [-0.05, 0) is 53.1 Å². The lowest BCUT2D eigenvalue weighted by Gasteiger charge is -2.14. The number of amides is 1. The first kappa shape index (κ1) is 18.6. The van der Waals surface area contributed by atoms with E-state index in [4.69, 9.17) is 28.9 Å². The molecule has 3 nitrogen and oxygen atoms in total. The van der Waals surface area contributed by atoms with Gasteiger partial charge in [0.25, 0.3) is 5.91 Å². The molecule has 1 aromatic heterocycles. The van der Waals surface area contributed by atoms with Crippen LogP contribution in [0.15, 0.2) is 66.7 Å². The lowest BCUT2D eigenvalue weighted by atomic mass is 10.0. The molecule has 5 heteroatoms. The number of fused-ring (bicyclic) bond motifs is 1. The Morgan fingerprint density at radius 2 is 1.71 bits per heavy atom. The van der Waals surface area contributed by atoms with E-state index in [2.05, 4.69) is 34.9 Å². The fraction of sp³-hybridized carbons (Fsp3) is 0.0870. The van der Waals surface area contributed by atoms with Gasteiger partial charge < -0.3 is 10.3 Å². The first-order valence-electron chi connectivity index (χ1n) is 8.87. The summed E-state index contributed by atoms with van der Waals surface area (Å²) >= 11 is 12.4. The molecule has 28 heavy (non-hydrogen) atoms. The Labute approximate surface area is 173 Å². The third kappa shape index (κ3) is 3.39. The number of carbonyl (C=O) groups is 1. The molecule has 0 radical (unpaired) electrons. The second-order valence-corrected chi connectivity index (χ2v) is 7.62. The van der Waals surface area contributed by atoms with Crippen molar-refractivity contribution in [3.8, 4) is 11.3 Å². The van der Waals surface area contributed by atoms with Gasteiger partial charge in [-0.25, -0.2) is 0 Å². The average molecular weight is 409 g/mol. The molecule has 0 saturated carbocycles. The van der Waals surface area contributed by atoms with Crippen molar-refractivity contribution in [3.05, 3.63) is 93.6 Å². The number of primary amides is 1. The van der Waals surface area contributed by atoms with Crippen LogP contribution in [0.4, 0.5) is 0 Å². The van der Waals surface area contributed by atoms with Gasteiger partial charge in [-0.2, -0.15) is 0 Å². The van der Waals surface area contributed by atoms with Crippen LogP contribution in [0.25, 0.3) is 22.0 Å². The quantitative estimate of drug-likeness (QED) is 0.437. The summed E-state index contributed by atoms with van der Waals surface area (Å²) < 4.78 is 2.07. The maximum absolute atomic E-state index is 12.0. The minimum absolute atomic E-state index is 0.444. The van der Waals surface area contributed by atoms with Crippen molar-refractivity contribution in [1.82, 2.24) is 4.57 Å². The summed E-state index contributed by atoms with van der Waals surface area (Å²) in [5.74, 6) is -0.444. The van der Waals surface area contributed by atoms with Crippen LogP contribution in [0.5, 0.6) is 0 Å². The highest BCUT2D eigenvalue weighted by Gasteiger charge is 2.18. The molecule has 0 aliphatic heterocycles. The van der Waals surface area contributed by atoms with Crippen LogP contribution in [0, 0.1) is 6.92 Å². The summed E-state index contributed by atoms with van der Waals surface area (Å²) in [6.45, 7) is 2.41. The van der Waals surface area contributed by atoms with Crippen LogP contribution in [0.3, 0.4) is 0 Å². The number of nitrogens with zero attached hydrogens (tertiary/aromatic N) is 1. The van der Waals surface area contributed by atoms with E-state index >= 15 is 0 Å². The van der Waals surface area contributed by atoms with Crippen LogP contribution in [0.2, 0.25) is 10.0 Å². The molecule has 140 valence electrons. The summed E-state index contributed by atoms with van der Waals surface area (Å²) in [4.78, 5) is 12.0. The van der Waals surface area contributed by atoms with Crippen molar-refractivity contribution in [2.24, 2.45) is 5.73 Å². The Kier molecular flexibility index (Phi) is 4.88. The molecule has 0 fully saturated rings. The summed E-state index contributed by atoms with van der Waals surface area (Å²) in [5.41, 5.74) is 9.78. The fourth-order valence-electron chi connectivity index (χ4n) is 3.51. The van der Waals surface area contributed by atoms with Gasteiger partial charge in [0.15, 0.2) is 0 Å². The zero-order valence-electron chi connectivity index (χ0n) is 15.2. The molecule has 0 aliphatic rings. The molecule has 2 N–H and O–H groups in total. The third-order valence-electron chi connectivity index (χ3n) is 5.02. The molecule has 0 spiro atoms. The molecular weight excluding hydrogens is 391 g/mol. The van der Waals surface area contributed by atoms with E-state index in [0.717, 1.165) is 33.3 Å². The van der Waals surface area contributed by atoms with Crippen LogP contribution < -0.4 is 5.73 Å². The van der Waals surface area contributed by atoms with Gasteiger partial charge in [-0.3, -0.25) is 4.79 Å². The van der Waals surface area contributed by atoms with Gasteiger partial charge in [0, 0.05) is 28.0 Å². The molecule has 0 saturated heterocycles. The van der Waals surface area contributed by atoms with Crippen LogP contribution in [-0.2, 0) is 6.54 Å². The number of hydrogen-bond acceptors (Lipinski definition) is 1. The van der Waals surface area contributed by atoms with Gasteiger partial charge >= 0.3 is 0 Å². The van der Waals surface area contributed by atoms with E-state index in [9.17, 15) is 4.79 Å². The second-order valence-electron chi connectivity index (χ2n) is 6.78. The van der Waals surface area contributed by atoms with Crippen LogP contribution in [0.1, 0.15) is 21.6 Å². The minimum atomic E-state index is -0.444. The number of halogens is 2. The smallest absolute Gasteiger partial charge is 0.250 e. The van der Waals surface area contributed by atoms with E-state index in [1.807, 2.05) is 37.3 Å². The SMILES string of the molecule is Cc1c(C(N)=O)cc(-c2ccc3ccccc3c2)n1Cc1ccc(Cl)cc1Cl. The lowest BCUT2D eigenvalue weighted by molar-refractivity contribution is 0.0999. The Morgan fingerprint density at radius 1 is 0.964 bits per heavy atom. The topological polar surface area (TPSA) is 48.0 Å². The molecular formula is C23H18Cl2N2O. The lowest BCUT2D eigenvalue weighted by Crippen LogP contribution is -2.12. The summed E-state index contributed by atoms with van der Waals surface area (Å²) in [5, 5.41) is 3.48. The summed E-state index contributed by atoms with van der Waals surface area (Å²) in [7, 11) is 0. The summed E-state index contributed by atoms with van der Waals surface area (Å²) in [6, 6.07) is 21.7. The Hall–Kier alpha value is -2.75. The van der Waals surface area contributed by atoms with Crippen molar-refractivity contribution in [2.75, 3.05) is 0 Å². The molecule has 3 aromatic carbocycles. The molecule has 4 rings (SSSR count). The van der Waals surface area contributed by atoms with E-state index < -0.39 is 5.91 Å². The van der Waals surface area contributed by atoms with Crippen molar-refractivity contribution in [2.45, 2.75) is 13.5 Å². The largest absolute Gasteiger partial charge is 0.366 e. The number of rotatable bonds is 4. The number of hydrogen-bond donors (Lipinski definition) is 1. The third-order valence-corrected chi connectivity index (χ3v) is 5.61. The molecule has 4 aromatic rings. The van der Waals surface area contributed by atoms with Crippen molar-refractivity contribution in [1.29, 1.82) is 0 Å². The van der Waals surface area contributed by atoms with Crippen LogP contribution >= 0.6 is 23.2 Å². The highest BCUT2D eigenvalue weighted by Crippen LogP contribution is 2.31. The molecule has 0 aliphatic carbocycles. The first-order valence-corrected chi connectivity index (χ1v) is 9.62. The monoisotopic (exact) mass is 408 g/mol. The molecule has 1 heterocycles. The van der Waals surface area contributed by atoms with Gasteiger partial charge in [0.1, 0.15) is 0 Å². The number of benzene rings is 3. The van der Waals surface area contributed by atoms with E-state index in [1.165, 1.54) is 0 Å². The van der Waals surface area contributed by atoms with Crippen molar-refractivity contribution in [3.63, 3.8) is 0 Å². The fourth-order valence-corrected chi connectivity index (χ4v) is 3.97. The highest BCUT2D eigenvalue weighted by molar-refractivity contribution is 6.35. The van der Waals surface area contributed by atoms with Gasteiger partial charge in [0.2, 0.25) is 0 Å². The standard InChI is InChI=1S/C23H18Cl2N2O/c1-14-20(23(26)28)12-22(17-7-6-15-4-2-3-5-16(15)10-17)27(14)13-18-8-9-19(24)11-21(18)25/h2-12H,13H2,1H3,(H2,26,28). The predicted molar refractivity (Wildman–Crippen MR) is 116 cm³/mol. The summed E-state index contributed by atoms with van der Waals surface area (Å²) in [6.07, 6.45) is 0. The average Bonchev–Trinajstić information content (AvgIpc) is 3.00. The van der Waals surface area contributed by atoms with E-state index in [1.54, 1.807) is 6.07 Å². The number of nitrogens with two attached hydrogens (primary N) is 1. The highest BCUT2D eigenvalue weighted by atomic mass is 35.5. The first-order chi connectivity index (χ1) is 13.4. The van der Waals surface area contributed by atoms with Gasteiger partial charge in [0.05, 0.1) is 5.56 Å². The van der Waals surface area contributed by atoms with Gasteiger partial charge in [-0.1, -0.05) is 65.7 Å². The van der Waals surface area contributed by atoms with Crippen molar-refractivity contribution >= 4 is 39.9 Å². The second kappa shape index (κ2) is 7.34. The molecule has 0 unspecified atom stereocenters. The predicted octanol–water partition coefficient (Wildman–Crippen LogP) is 6.07. The Balaban J connectivity index is 1.88. The van der Waals surface area contributed by atoms with Crippen molar-refractivity contribution < 1.29 is 4.79 Å². The molecule has 1 amide bonds. The van der Waals surface area contributed by atoms with E-state index in [0.29, 0.717) is 22.2 Å². The zero-order chi connectivity index (χ0) is 19.8. The number of aromatic nitrogens is 1. The number of carbonyl (C=O) groups excluding carboxylic acids is 1. The normalized spacial score (nSPS) is 11.1. The maximum Gasteiger partial charge on any atom is 0.250 e. The molecule has 0 atom stereocenters. The van der Waals surface area contributed by atoms with E-state index in [-0.39, 0.29) is 0 Å².